The molecule has 0 saturated carbocycles. The normalized spacial score (nSPS) is 11.4. The van der Waals surface area contributed by atoms with Crippen molar-refractivity contribution in [3.05, 3.63) is 254 Å². The molecule has 4 nitrogen and oxygen atoms in total. The molecule has 14 rings (SSSR count). The molecule has 0 saturated heterocycles. The van der Waals surface area contributed by atoms with E-state index in [0.29, 0.717) is 0 Å². The SMILES string of the molecule is Cc1cc(-c2[c-]cccc2)ncc1-c1ccccc1.[Ir].[c-]1ccccc1-c1ccccn1.c1cc2c3c(c1)ccc1ccc[n+](c13)C2.c1cc[n+]2c(c1)-c1c(ccc3c1sc1ccccc13)C2. The van der Waals surface area contributed by atoms with Crippen LogP contribution in [0.5, 0.6) is 0 Å². The van der Waals surface area contributed by atoms with Crippen LogP contribution in [0, 0.1) is 19.1 Å². The van der Waals surface area contributed by atoms with Crippen LogP contribution in [0.1, 0.15) is 16.7 Å². The summed E-state index contributed by atoms with van der Waals surface area (Å²) in [5.41, 5.74) is 14.7. The van der Waals surface area contributed by atoms with E-state index < -0.39 is 0 Å². The van der Waals surface area contributed by atoms with E-state index in [4.69, 9.17) is 0 Å². The summed E-state index contributed by atoms with van der Waals surface area (Å²) in [5.74, 6) is 0. The molecule has 0 bridgehead atoms. The summed E-state index contributed by atoms with van der Waals surface area (Å²) in [5, 5.41) is 6.91. The number of benzene rings is 7. The van der Waals surface area contributed by atoms with Gasteiger partial charge in [-0.15, -0.1) is 83.1 Å². The molecule has 1 radical (unpaired) electrons. The van der Waals surface area contributed by atoms with Gasteiger partial charge in [-0.05, 0) is 65.2 Å². The minimum Gasteiger partial charge on any atom is -0.305 e. The molecule has 0 atom stereocenters. The molecule has 5 aromatic heterocycles. The molecule has 2 aliphatic heterocycles. The second-order valence-corrected chi connectivity index (χ2v) is 17.5. The molecule has 0 fully saturated rings. The van der Waals surface area contributed by atoms with Crippen LogP contribution < -0.4 is 9.13 Å². The quantitative estimate of drug-likeness (QED) is 0.100. The zero-order valence-electron chi connectivity index (χ0n) is 36.8. The first-order valence-electron chi connectivity index (χ1n) is 22.3. The second-order valence-electron chi connectivity index (χ2n) is 16.5. The standard InChI is InChI=1S/C18H12NS.C18H14N.C14H10N.C11H8N.Ir/c1-2-7-16-13(5-1)14-9-8-12-11-19-10-4-3-6-15(19)17(12)18(14)20-16;1-14-12-18(16-10-6-3-7-11-16)19-13-17(14)15-8-4-2-5-9-15;1-3-10-6-7-11-5-2-8-15-9-12(4-1)13(10)14(11)15;1-2-6-10(7-3-1)11-8-4-5-9-12-11;/h1-10H,11H2;2-10,12-13H,1H3;1-8H,9H2;1-6,8-9H;/q+1;-1;+1;-1;. The fourth-order valence-electron chi connectivity index (χ4n) is 9.18. The first kappa shape index (κ1) is 43.4. The molecule has 323 valence electrons. The van der Waals surface area contributed by atoms with Crippen molar-refractivity contribution in [2.24, 2.45) is 0 Å². The maximum absolute atomic E-state index is 4.55. The molecule has 0 spiro atoms. The molecule has 12 aromatic rings. The van der Waals surface area contributed by atoms with Crippen molar-refractivity contribution in [3.63, 3.8) is 0 Å². The van der Waals surface area contributed by atoms with Crippen molar-refractivity contribution in [2.45, 2.75) is 20.0 Å². The van der Waals surface area contributed by atoms with Crippen molar-refractivity contribution in [1.29, 1.82) is 0 Å². The van der Waals surface area contributed by atoms with E-state index in [1.165, 1.54) is 80.9 Å². The third-order valence-corrected chi connectivity index (χ3v) is 13.5. The van der Waals surface area contributed by atoms with Crippen molar-refractivity contribution in [3.8, 4) is 44.9 Å². The van der Waals surface area contributed by atoms with Gasteiger partial charge in [0.1, 0.15) is 0 Å². The van der Waals surface area contributed by atoms with Crippen LogP contribution in [0.3, 0.4) is 0 Å². The third kappa shape index (κ3) is 8.83. The van der Waals surface area contributed by atoms with Gasteiger partial charge in [-0.25, -0.2) is 0 Å². The largest absolute Gasteiger partial charge is 0.305 e. The Morgan fingerprint density at radius 3 is 2.04 bits per heavy atom. The van der Waals surface area contributed by atoms with Crippen molar-refractivity contribution < 1.29 is 29.2 Å². The molecule has 7 aromatic carbocycles. The summed E-state index contributed by atoms with van der Waals surface area (Å²) in [7, 11) is 0. The Kier molecular flexibility index (Phi) is 12.7. The number of thiophene rings is 1. The van der Waals surface area contributed by atoms with Gasteiger partial charge in [0.15, 0.2) is 25.5 Å². The Balaban J connectivity index is 0.000000106. The third-order valence-electron chi connectivity index (χ3n) is 12.3. The Labute approximate surface area is 408 Å². The summed E-state index contributed by atoms with van der Waals surface area (Å²) in [6, 6.07) is 75.5. The van der Waals surface area contributed by atoms with Gasteiger partial charge < -0.3 is 9.97 Å². The van der Waals surface area contributed by atoms with Crippen LogP contribution >= 0.6 is 11.3 Å². The van der Waals surface area contributed by atoms with Crippen LogP contribution in [-0.2, 0) is 33.2 Å². The van der Waals surface area contributed by atoms with Crippen LogP contribution in [0.25, 0.3) is 86.7 Å². The summed E-state index contributed by atoms with van der Waals surface area (Å²) in [6.45, 7) is 4.14. The van der Waals surface area contributed by atoms with E-state index >= 15 is 0 Å². The monoisotopic (exact) mass is 1060 g/mol. The average Bonchev–Trinajstić information content (AvgIpc) is 4.10. The molecular weight excluding hydrogens is 1010 g/mol. The summed E-state index contributed by atoms with van der Waals surface area (Å²) in [4.78, 5) is 8.77. The number of fused-ring (bicyclic) bond motifs is 7. The molecule has 67 heavy (non-hydrogen) atoms. The Morgan fingerprint density at radius 2 is 1.25 bits per heavy atom. The molecule has 6 heteroatoms. The van der Waals surface area contributed by atoms with Crippen LogP contribution in [-0.4, -0.2) is 9.97 Å². The second kappa shape index (κ2) is 19.6. The van der Waals surface area contributed by atoms with Crippen molar-refractivity contribution >= 4 is 53.2 Å². The molecule has 0 unspecified atom stereocenters. The molecule has 0 aliphatic carbocycles. The van der Waals surface area contributed by atoms with E-state index in [-0.39, 0.29) is 20.1 Å². The van der Waals surface area contributed by atoms with Gasteiger partial charge in [0.2, 0.25) is 11.2 Å². The number of aryl methyl sites for hydroxylation is 1. The average molecular weight is 1060 g/mol. The predicted molar refractivity (Wildman–Crippen MR) is 272 cm³/mol. The van der Waals surface area contributed by atoms with Crippen molar-refractivity contribution in [1.82, 2.24) is 9.97 Å². The molecule has 0 N–H and O–H groups in total. The van der Waals surface area contributed by atoms with Gasteiger partial charge in [0.05, 0.1) is 10.9 Å². The van der Waals surface area contributed by atoms with E-state index in [1.54, 1.807) is 6.20 Å². The van der Waals surface area contributed by atoms with E-state index in [1.807, 2.05) is 102 Å². The Bertz CT molecular complexity index is 3550. The first-order valence-corrected chi connectivity index (χ1v) is 23.1. The number of hydrogen-bond acceptors (Lipinski definition) is 3. The van der Waals surface area contributed by atoms with Crippen LogP contribution in [0.15, 0.2) is 225 Å². The van der Waals surface area contributed by atoms with Crippen LogP contribution in [0.2, 0.25) is 0 Å². The van der Waals surface area contributed by atoms with Crippen LogP contribution in [0.4, 0.5) is 0 Å². The van der Waals surface area contributed by atoms with Crippen molar-refractivity contribution in [2.75, 3.05) is 0 Å². The fourth-order valence-corrected chi connectivity index (χ4v) is 10.5. The molecule has 0 amide bonds. The van der Waals surface area contributed by atoms with Gasteiger partial charge in [-0.3, -0.25) is 0 Å². The summed E-state index contributed by atoms with van der Waals surface area (Å²) in [6.07, 6.45) is 8.08. The zero-order valence-corrected chi connectivity index (χ0v) is 40.0. The Hall–Kier alpha value is -7.47. The minimum absolute atomic E-state index is 0. The maximum atomic E-state index is 4.55. The summed E-state index contributed by atoms with van der Waals surface area (Å²) < 4.78 is 7.49. The molecule has 7 heterocycles. The summed E-state index contributed by atoms with van der Waals surface area (Å²) >= 11 is 1.92. The van der Waals surface area contributed by atoms with E-state index in [9.17, 15) is 0 Å². The fraction of sp³-hybridized carbons (Fsp3) is 0.0492. The predicted octanol–water partition coefficient (Wildman–Crippen LogP) is 14.1. The number of rotatable bonds is 3. The van der Waals surface area contributed by atoms with Gasteiger partial charge in [0, 0.05) is 92.9 Å². The topological polar surface area (TPSA) is 33.5 Å². The van der Waals surface area contributed by atoms with Gasteiger partial charge in [-0.2, -0.15) is 9.13 Å². The minimum atomic E-state index is 0. The maximum Gasteiger partial charge on any atom is 0.221 e. The molecular formula is C61H44IrN4S. The number of pyridine rings is 4. The van der Waals surface area contributed by atoms with Gasteiger partial charge >= 0.3 is 0 Å². The Morgan fingerprint density at radius 1 is 0.537 bits per heavy atom. The van der Waals surface area contributed by atoms with E-state index in [0.717, 1.165) is 35.6 Å². The number of hydrogen-bond donors (Lipinski definition) is 0. The van der Waals surface area contributed by atoms with Gasteiger partial charge in [0.25, 0.3) is 0 Å². The smallest absolute Gasteiger partial charge is 0.221 e. The first-order chi connectivity index (χ1) is 32.7. The van der Waals surface area contributed by atoms with Gasteiger partial charge in [-0.1, -0.05) is 103 Å². The number of aromatic nitrogens is 4. The number of nitrogens with zero attached hydrogens (tertiary/aromatic N) is 4. The zero-order chi connectivity index (χ0) is 44.2. The molecule has 2 aliphatic rings. The van der Waals surface area contributed by atoms with E-state index in [2.05, 4.69) is 166 Å².